The van der Waals surface area contributed by atoms with Gasteiger partial charge in [-0.15, -0.1) is 11.8 Å². The molecule has 0 saturated carbocycles. The van der Waals surface area contributed by atoms with Gasteiger partial charge in [0.1, 0.15) is 5.37 Å². The number of thioether (sulfide) groups is 1. The molecule has 3 aromatic carbocycles. The zero-order valence-electron chi connectivity index (χ0n) is 16.5. The third-order valence-electron chi connectivity index (χ3n) is 5.04. The van der Waals surface area contributed by atoms with Crippen molar-refractivity contribution in [3.05, 3.63) is 94.0 Å². The minimum Gasteiger partial charge on any atom is -0.322 e. The quantitative estimate of drug-likeness (QED) is 0.483. The molecule has 4 nitrogen and oxygen atoms in total. The number of para-hydroxylation sites is 1. The first kappa shape index (κ1) is 20.7. The van der Waals surface area contributed by atoms with E-state index in [9.17, 15) is 9.59 Å². The zero-order valence-corrected chi connectivity index (χ0v) is 18.9. The van der Waals surface area contributed by atoms with E-state index in [1.165, 1.54) is 0 Å². The van der Waals surface area contributed by atoms with Crippen LogP contribution in [0.3, 0.4) is 0 Å². The molecule has 0 aromatic heterocycles. The van der Waals surface area contributed by atoms with Crippen molar-refractivity contribution in [2.75, 3.05) is 16.0 Å². The van der Waals surface area contributed by atoms with Crippen LogP contribution in [0.15, 0.2) is 77.3 Å². The van der Waals surface area contributed by atoms with Crippen LogP contribution >= 0.6 is 27.7 Å². The Kier molecular flexibility index (Phi) is 6.25. The Morgan fingerprint density at radius 3 is 2.60 bits per heavy atom. The molecule has 152 valence electrons. The molecule has 1 fully saturated rings. The third-order valence-corrected chi connectivity index (χ3v) is 6.75. The van der Waals surface area contributed by atoms with Crippen molar-refractivity contribution in [2.45, 2.75) is 18.7 Å². The number of halogens is 1. The van der Waals surface area contributed by atoms with E-state index in [1.807, 2.05) is 59.5 Å². The molecule has 1 aliphatic rings. The van der Waals surface area contributed by atoms with Crippen LogP contribution in [0, 0.1) is 0 Å². The van der Waals surface area contributed by atoms with Crippen LogP contribution < -0.4 is 10.2 Å². The van der Waals surface area contributed by atoms with Gasteiger partial charge in [-0.2, -0.15) is 0 Å². The Morgan fingerprint density at radius 1 is 1.10 bits per heavy atom. The summed E-state index contributed by atoms with van der Waals surface area (Å²) in [5.74, 6) is 0.426. The van der Waals surface area contributed by atoms with Crippen molar-refractivity contribution >= 4 is 50.9 Å². The van der Waals surface area contributed by atoms with Gasteiger partial charge in [0.15, 0.2) is 0 Å². The molecule has 0 radical (unpaired) electrons. The SMILES string of the molecule is CCc1ccccc1N1C(=O)CS[C@H]1c1ccc(NC(=O)c2cccc(Br)c2)cc1. The molecular weight excluding hydrogens is 460 g/mol. The van der Waals surface area contributed by atoms with E-state index in [0.29, 0.717) is 11.3 Å². The lowest BCUT2D eigenvalue weighted by molar-refractivity contribution is -0.115. The second kappa shape index (κ2) is 9.06. The van der Waals surface area contributed by atoms with E-state index in [4.69, 9.17) is 0 Å². The highest BCUT2D eigenvalue weighted by Gasteiger charge is 2.34. The maximum absolute atomic E-state index is 12.7. The standard InChI is InChI=1S/C24H21BrN2O2S/c1-2-16-6-3-4-9-21(16)27-22(28)15-30-24(27)17-10-12-20(13-11-17)26-23(29)18-7-5-8-19(25)14-18/h3-14,24H,2,15H2,1H3,(H,26,29)/t24-/m0/s1. The fraction of sp³-hybridized carbons (Fsp3) is 0.167. The van der Waals surface area contributed by atoms with Crippen LogP contribution in [-0.4, -0.2) is 17.6 Å². The average Bonchev–Trinajstić information content (AvgIpc) is 3.15. The lowest BCUT2D eigenvalue weighted by Gasteiger charge is -2.26. The number of nitrogens with one attached hydrogen (secondary N) is 1. The zero-order chi connectivity index (χ0) is 21.1. The van der Waals surface area contributed by atoms with E-state index in [1.54, 1.807) is 23.9 Å². The summed E-state index contributed by atoms with van der Waals surface area (Å²) in [7, 11) is 0. The van der Waals surface area contributed by atoms with Gasteiger partial charge in [-0.25, -0.2) is 0 Å². The summed E-state index contributed by atoms with van der Waals surface area (Å²) >= 11 is 5.02. The molecule has 6 heteroatoms. The first-order chi connectivity index (χ1) is 14.6. The largest absolute Gasteiger partial charge is 0.322 e. The van der Waals surface area contributed by atoms with E-state index < -0.39 is 0 Å². The number of nitrogens with zero attached hydrogens (tertiary/aromatic N) is 1. The van der Waals surface area contributed by atoms with Gasteiger partial charge < -0.3 is 5.32 Å². The van der Waals surface area contributed by atoms with Crippen molar-refractivity contribution in [3.63, 3.8) is 0 Å². The molecule has 0 unspecified atom stereocenters. The van der Waals surface area contributed by atoms with E-state index in [0.717, 1.165) is 33.4 Å². The highest BCUT2D eigenvalue weighted by molar-refractivity contribution is 9.10. The van der Waals surface area contributed by atoms with Crippen LogP contribution in [0.25, 0.3) is 0 Å². The maximum Gasteiger partial charge on any atom is 0.255 e. The number of hydrogen-bond donors (Lipinski definition) is 1. The summed E-state index contributed by atoms with van der Waals surface area (Å²) in [6.45, 7) is 2.10. The van der Waals surface area contributed by atoms with Crippen LogP contribution in [0.5, 0.6) is 0 Å². The molecule has 2 amide bonds. The van der Waals surface area contributed by atoms with Gasteiger partial charge in [-0.3, -0.25) is 14.5 Å². The van der Waals surface area contributed by atoms with E-state index >= 15 is 0 Å². The number of hydrogen-bond acceptors (Lipinski definition) is 3. The lowest BCUT2D eigenvalue weighted by atomic mass is 10.1. The van der Waals surface area contributed by atoms with E-state index in [2.05, 4.69) is 34.2 Å². The summed E-state index contributed by atoms with van der Waals surface area (Å²) in [6.07, 6.45) is 0.873. The molecule has 0 bridgehead atoms. The molecule has 4 rings (SSSR count). The fourth-order valence-corrected chi connectivity index (χ4v) is 5.11. The number of benzene rings is 3. The van der Waals surface area contributed by atoms with E-state index in [-0.39, 0.29) is 17.2 Å². The first-order valence-electron chi connectivity index (χ1n) is 9.75. The highest BCUT2D eigenvalue weighted by Crippen LogP contribution is 2.43. The van der Waals surface area contributed by atoms with Crippen LogP contribution in [-0.2, 0) is 11.2 Å². The summed E-state index contributed by atoms with van der Waals surface area (Å²) < 4.78 is 0.862. The normalized spacial score (nSPS) is 16.0. The average molecular weight is 481 g/mol. The second-order valence-electron chi connectivity index (χ2n) is 7.00. The Bertz CT molecular complexity index is 1080. The topological polar surface area (TPSA) is 49.4 Å². The van der Waals surface area contributed by atoms with Crippen molar-refractivity contribution in [1.82, 2.24) is 0 Å². The summed E-state index contributed by atoms with van der Waals surface area (Å²) in [5.41, 5.74) is 4.49. The fourth-order valence-electron chi connectivity index (χ4n) is 3.54. The number of aryl methyl sites for hydroxylation is 1. The van der Waals surface area contributed by atoms with Crippen molar-refractivity contribution in [2.24, 2.45) is 0 Å². The number of carbonyl (C=O) groups is 2. The van der Waals surface area contributed by atoms with Crippen LogP contribution in [0.4, 0.5) is 11.4 Å². The van der Waals surface area contributed by atoms with Crippen molar-refractivity contribution < 1.29 is 9.59 Å². The molecule has 0 aliphatic carbocycles. The smallest absolute Gasteiger partial charge is 0.255 e. The Morgan fingerprint density at radius 2 is 1.87 bits per heavy atom. The van der Waals surface area contributed by atoms with Gasteiger partial charge in [0.05, 0.1) is 5.75 Å². The Labute approximate surface area is 188 Å². The monoisotopic (exact) mass is 480 g/mol. The molecular formula is C24H21BrN2O2S. The summed E-state index contributed by atoms with van der Waals surface area (Å²) in [5, 5.41) is 2.86. The van der Waals surface area contributed by atoms with Crippen molar-refractivity contribution in [3.8, 4) is 0 Å². The summed E-state index contributed by atoms with van der Waals surface area (Å²) in [4.78, 5) is 27.0. The number of anilines is 2. The molecule has 1 N–H and O–H groups in total. The molecule has 30 heavy (non-hydrogen) atoms. The number of amides is 2. The van der Waals surface area contributed by atoms with Gasteiger partial charge in [-0.1, -0.05) is 59.3 Å². The molecule has 0 spiro atoms. The number of rotatable bonds is 5. The minimum atomic E-state index is -0.159. The van der Waals surface area contributed by atoms with Gasteiger partial charge >= 0.3 is 0 Å². The molecule has 3 aromatic rings. The first-order valence-corrected chi connectivity index (χ1v) is 11.6. The maximum atomic E-state index is 12.7. The summed E-state index contributed by atoms with van der Waals surface area (Å²) in [6, 6.07) is 23.1. The van der Waals surface area contributed by atoms with Gasteiger partial charge in [0.2, 0.25) is 5.91 Å². The van der Waals surface area contributed by atoms with Gasteiger partial charge in [0, 0.05) is 21.4 Å². The lowest BCUT2D eigenvalue weighted by Crippen LogP contribution is -2.28. The number of carbonyl (C=O) groups excluding carboxylic acids is 2. The molecule has 1 heterocycles. The third kappa shape index (κ3) is 4.30. The van der Waals surface area contributed by atoms with Crippen molar-refractivity contribution in [1.29, 1.82) is 0 Å². The minimum absolute atomic E-state index is 0.0694. The van der Waals surface area contributed by atoms with Gasteiger partial charge in [0.25, 0.3) is 5.91 Å². The van der Waals surface area contributed by atoms with Crippen LogP contribution in [0.1, 0.15) is 33.8 Å². The predicted molar refractivity (Wildman–Crippen MR) is 127 cm³/mol. The molecule has 1 aliphatic heterocycles. The predicted octanol–water partition coefficient (Wildman–Crippen LogP) is 6.04. The highest BCUT2D eigenvalue weighted by atomic mass is 79.9. The Balaban J connectivity index is 1.54. The second-order valence-corrected chi connectivity index (χ2v) is 8.98. The van der Waals surface area contributed by atoms with Gasteiger partial charge in [-0.05, 0) is 53.9 Å². The Hall–Kier alpha value is -2.57. The van der Waals surface area contributed by atoms with Crippen LogP contribution in [0.2, 0.25) is 0 Å². The molecule has 1 saturated heterocycles. The molecule has 1 atom stereocenters.